The number of aromatic nitrogens is 1. The van der Waals surface area contributed by atoms with Crippen LogP contribution in [0.5, 0.6) is 5.75 Å². The van der Waals surface area contributed by atoms with Crippen molar-refractivity contribution in [1.82, 2.24) is 4.98 Å². The normalized spacial score (nSPS) is 12.3. The molecule has 0 spiro atoms. The van der Waals surface area contributed by atoms with Crippen LogP contribution in [0.15, 0.2) is 42.6 Å². The maximum Gasteiger partial charge on any atom is 0.119 e. The first-order chi connectivity index (χ1) is 14.6. The van der Waals surface area contributed by atoms with Crippen LogP contribution in [0.25, 0.3) is 11.3 Å². The Hall–Kier alpha value is -1.87. The van der Waals surface area contributed by atoms with E-state index in [0.717, 1.165) is 29.8 Å². The number of nitrogens with zero attached hydrogens (tertiary/aromatic N) is 1. The third kappa shape index (κ3) is 9.75. The minimum absolute atomic E-state index is 0.337. The summed E-state index contributed by atoms with van der Waals surface area (Å²) in [5.74, 6) is 1.25. The molecule has 3 nitrogen and oxygen atoms in total. The van der Waals surface area contributed by atoms with E-state index in [1.807, 2.05) is 30.5 Å². The molecule has 3 heteroatoms. The number of benzene rings is 1. The predicted molar refractivity (Wildman–Crippen MR) is 127 cm³/mol. The SMILES string of the molecule is CCCCCCCCCCc1ccc(-c2ccc(OC[C@@H](O)CC(C)C)cc2)nc1. The molecule has 0 aliphatic heterocycles. The summed E-state index contributed by atoms with van der Waals surface area (Å²) in [7, 11) is 0. The summed E-state index contributed by atoms with van der Waals surface area (Å²) in [6.45, 7) is 6.81. The molecule has 30 heavy (non-hydrogen) atoms. The lowest BCUT2D eigenvalue weighted by Crippen LogP contribution is -2.19. The van der Waals surface area contributed by atoms with E-state index in [4.69, 9.17) is 4.74 Å². The molecule has 1 atom stereocenters. The van der Waals surface area contributed by atoms with Gasteiger partial charge >= 0.3 is 0 Å². The number of ether oxygens (including phenoxy) is 1. The second kappa shape index (κ2) is 14.2. The van der Waals surface area contributed by atoms with Crippen LogP contribution < -0.4 is 4.74 Å². The number of hydrogen-bond acceptors (Lipinski definition) is 3. The first-order valence-electron chi connectivity index (χ1n) is 11.9. The topological polar surface area (TPSA) is 42.4 Å². The molecule has 0 radical (unpaired) electrons. The van der Waals surface area contributed by atoms with Crippen molar-refractivity contribution in [3.05, 3.63) is 48.2 Å². The third-order valence-electron chi connectivity index (χ3n) is 5.48. The van der Waals surface area contributed by atoms with Gasteiger partial charge in [0.2, 0.25) is 0 Å². The quantitative estimate of drug-likeness (QED) is 0.315. The Morgan fingerprint density at radius 2 is 1.53 bits per heavy atom. The van der Waals surface area contributed by atoms with E-state index in [1.54, 1.807) is 0 Å². The molecule has 0 fully saturated rings. The highest BCUT2D eigenvalue weighted by atomic mass is 16.5. The summed E-state index contributed by atoms with van der Waals surface area (Å²) in [5, 5.41) is 9.94. The van der Waals surface area contributed by atoms with Crippen molar-refractivity contribution >= 4 is 0 Å². The number of aliphatic hydroxyl groups is 1. The lowest BCUT2D eigenvalue weighted by molar-refractivity contribution is 0.0893. The molecule has 1 N–H and O–H groups in total. The van der Waals surface area contributed by atoms with Gasteiger partial charge in [0.1, 0.15) is 12.4 Å². The standard InChI is InChI=1S/C27H41NO2/c1-4-5-6-7-8-9-10-11-12-23-13-18-27(28-20-23)24-14-16-26(17-15-24)30-21-25(29)19-22(2)3/h13-18,20,22,25,29H,4-12,19,21H2,1-3H3/t25-/m0/s1. The fourth-order valence-electron chi connectivity index (χ4n) is 3.73. The highest BCUT2D eigenvalue weighted by Crippen LogP contribution is 2.22. The number of aryl methyl sites for hydroxylation is 1. The fraction of sp³-hybridized carbons (Fsp3) is 0.593. The van der Waals surface area contributed by atoms with Crippen LogP contribution in [0.3, 0.4) is 0 Å². The minimum Gasteiger partial charge on any atom is -0.491 e. The third-order valence-corrected chi connectivity index (χ3v) is 5.48. The molecule has 0 saturated carbocycles. The molecule has 1 aromatic heterocycles. The first-order valence-corrected chi connectivity index (χ1v) is 11.9. The molecule has 2 aromatic rings. The highest BCUT2D eigenvalue weighted by molar-refractivity contribution is 5.60. The molecule has 166 valence electrons. The summed E-state index contributed by atoms with van der Waals surface area (Å²) < 4.78 is 5.70. The van der Waals surface area contributed by atoms with Gasteiger partial charge in [-0.25, -0.2) is 0 Å². The number of unbranched alkanes of at least 4 members (excludes halogenated alkanes) is 7. The summed E-state index contributed by atoms with van der Waals surface area (Å²) in [4.78, 5) is 4.65. The van der Waals surface area contributed by atoms with Gasteiger partial charge < -0.3 is 9.84 Å². The van der Waals surface area contributed by atoms with Crippen LogP contribution in [0.2, 0.25) is 0 Å². The van der Waals surface area contributed by atoms with E-state index in [2.05, 4.69) is 37.9 Å². The van der Waals surface area contributed by atoms with Crippen molar-refractivity contribution in [2.24, 2.45) is 5.92 Å². The van der Waals surface area contributed by atoms with Crippen LogP contribution >= 0.6 is 0 Å². The zero-order valence-electron chi connectivity index (χ0n) is 19.3. The average molecular weight is 412 g/mol. The Morgan fingerprint density at radius 3 is 2.13 bits per heavy atom. The predicted octanol–water partition coefficient (Wildman–Crippen LogP) is 7.22. The molecule has 0 amide bonds. The van der Waals surface area contributed by atoms with Crippen molar-refractivity contribution in [2.75, 3.05) is 6.61 Å². The number of rotatable bonds is 15. The van der Waals surface area contributed by atoms with E-state index in [1.165, 1.54) is 56.9 Å². The van der Waals surface area contributed by atoms with Gasteiger partial charge in [-0.1, -0.05) is 71.8 Å². The molecular weight excluding hydrogens is 370 g/mol. The first kappa shape index (κ1) is 24.4. The minimum atomic E-state index is -0.417. The van der Waals surface area contributed by atoms with Gasteiger partial charge in [0, 0.05) is 11.8 Å². The van der Waals surface area contributed by atoms with Crippen molar-refractivity contribution in [3.8, 4) is 17.0 Å². The molecule has 0 aliphatic rings. The molecule has 1 aromatic carbocycles. The Kier molecular flexibility index (Phi) is 11.5. The average Bonchev–Trinajstić information content (AvgIpc) is 2.74. The van der Waals surface area contributed by atoms with Gasteiger partial charge in [-0.2, -0.15) is 0 Å². The summed E-state index contributed by atoms with van der Waals surface area (Å²) >= 11 is 0. The molecule has 1 heterocycles. The Labute approximate surface area is 183 Å². The van der Waals surface area contributed by atoms with E-state index >= 15 is 0 Å². The summed E-state index contributed by atoms with van der Waals surface area (Å²) in [6, 6.07) is 12.3. The van der Waals surface area contributed by atoms with Gasteiger partial charge in [-0.05, 0) is 61.1 Å². The van der Waals surface area contributed by atoms with Crippen LogP contribution in [-0.4, -0.2) is 22.8 Å². The Morgan fingerprint density at radius 1 is 0.867 bits per heavy atom. The van der Waals surface area contributed by atoms with Gasteiger partial charge in [0.25, 0.3) is 0 Å². The zero-order valence-corrected chi connectivity index (χ0v) is 19.3. The van der Waals surface area contributed by atoms with Crippen molar-refractivity contribution < 1.29 is 9.84 Å². The highest BCUT2D eigenvalue weighted by Gasteiger charge is 2.08. The fourth-order valence-corrected chi connectivity index (χ4v) is 3.73. The number of pyridine rings is 1. The van der Waals surface area contributed by atoms with E-state index < -0.39 is 6.10 Å². The number of hydrogen-bond donors (Lipinski definition) is 1. The molecule has 0 aliphatic carbocycles. The van der Waals surface area contributed by atoms with Crippen LogP contribution in [0.1, 0.15) is 84.1 Å². The van der Waals surface area contributed by atoms with Gasteiger partial charge in [0.15, 0.2) is 0 Å². The zero-order chi connectivity index (χ0) is 21.6. The molecular formula is C27H41NO2. The number of aliphatic hydroxyl groups excluding tert-OH is 1. The van der Waals surface area contributed by atoms with Gasteiger partial charge in [-0.3, -0.25) is 4.98 Å². The van der Waals surface area contributed by atoms with Crippen molar-refractivity contribution in [1.29, 1.82) is 0 Å². The van der Waals surface area contributed by atoms with Crippen molar-refractivity contribution in [2.45, 2.75) is 91.1 Å². The Balaban J connectivity index is 1.71. The second-order valence-corrected chi connectivity index (χ2v) is 8.90. The maximum atomic E-state index is 9.94. The van der Waals surface area contributed by atoms with Crippen LogP contribution in [0, 0.1) is 5.92 Å². The molecule has 0 bridgehead atoms. The molecule has 0 saturated heterocycles. The molecule has 0 unspecified atom stereocenters. The van der Waals surface area contributed by atoms with E-state index in [-0.39, 0.29) is 0 Å². The lowest BCUT2D eigenvalue weighted by atomic mass is 10.0. The van der Waals surface area contributed by atoms with Crippen molar-refractivity contribution in [3.63, 3.8) is 0 Å². The van der Waals surface area contributed by atoms with Crippen LogP contribution in [0.4, 0.5) is 0 Å². The summed E-state index contributed by atoms with van der Waals surface area (Å²) in [5.41, 5.74) is 3.40. The van der Waals surface area contributed by atoms with Gasteiger partial charge in [-0.15, -0.1) is 0 Å². The van der Waals surface area contributed by atoms with Crippen LogP contribution in [-0.2, 0) is 6.42 Å². The van der Waals surface area contributed by atoms with E-state index in [0.29, 0.717) is 12.5 Å². The largest absolute Gasteiger partial charge is 0.491 e. The maximum absolute atomic E-state index is 9.94. The molecule has 2 rings (SSSR count). The smallest absolute Gasteiger partial charge is 0.119 e. The summed E-state index contributed by atoms with van der Waals surface area (Å²) in [6.07, 6.45) is 14.3. The van der Waals surface area contributed by atoms with Gasteiger partial charge in [0.05, 0.1) is 11.8 Å². The lowest BCUT2D eigenvalue weighted by Gasteiger charge is -2.14. The monoisotopic (exact) mass is 411 g/mol. The van der Waals surface area contributed by atoms with E-state index in [9.17, 15) is 5.11 Å². The Bertz CT molecular complexity index is 679. The second-order valence-electron chi connectivity index (χ2n) is 8.90.